The minimum atomic E-state index is 0.204. The van der Waals surface area contributed by atoms with Crippen LogP contribution in [0.1, 0.15) is 53.8 Å². The van der Waals surface area contributed by atoms with Crippen LogP contribution in [-0.4, -0.2) is 27.1 Å². The molecule has 0 saturated heterocycles. The molecule has 1 fully saturated rings. The quantitative estimate of drug-likeness (QED) is 0.883. The van der Waals surface area contributed by atoms with Crippen LogP contribution in [-0.2, 0) is 31.0 Å². The summed E-state index contributed by atoms with van der Waals surface area (Å²) in [7, 11) is 0. The van der Waals surface area contributed by atoms with E-state index in [0.717, 1.165) is 44.7 Å². The van der Waals surface area contributed by atoms with Gasteiger partial charge in [0.25, 0.3) is 0 Å². The second kappa shape index (κ2) is 7.85. The summed E-state index contributed by atoms with van der Waals surface area (Å²) in [6.07, 6.45) is 4.46. The average molecular weight is 367 g/mol. The Labute approximate surface area is 161 Å². The Balaban J connectivity index is 1.35. The largest absolute Gasteiger partial charge is 0.350 e. The van der Waals surface area contributed by atoms with Gasteiger partial charge >= 0.3 is 0 Å². The van der Waals surface area contributed by atoms with Crippen LogP contribution < -0.4 is 5.32 Å². The fraction of sp³-hybridized carbons (Fsp3) is 0.545. The number of benzene rings is 1. The Hall–Kier alpha value is -2.14. The van der Waals surface area contributed by atoms with Gasteiger partial charge in [-0.3, -0.25) is 14.4 Å². The van der Waals surface area contributed by atoms with E-state index in [2.05, 4.69) is 53.0 Å². The maximum absolute atomic E-state index is 12.2. The summed E-state index contributed by atoms with van der Waals surface area (Å²) in [5.74, 6) is 0.422. The van der Waals surface area contributed by atoms with E-state index < -0.39 is 0 Å². The lowest BCUT2D eigenvalue weighted by Gasteiger charge is -2.28. The third-order valence-electron chi connectivity index (χ3n) is 5.99. The number of fused-ring (bicyclic) bond motifs is 1. The zero-order valence-electron chi connectivity index (χ0n) is 16.5. The molecule has 1 aromatic heterocycles. The summed E-state index contributed by atoms with van der Waals surface area (Å²) >= 11 is 0. The van der Waals surface area contributed by atoms with E-state index in [9.17, 15) is 4.79 Å². The maximum atomic E-state index is 12.2. The molecule has 27 heavy (non-hydrogen) atoms. The molecule has 2 heterocycles. The standard InChI is InChI=1S/C22H30N4O/c1-16-7-8-19(17(2)11-16)14-25-9-10-26-21(15-25)12-20(24-26)13-23-22(27)18-5-3-4-6-18/h7-8,11-12,18H,3-6,9-10,13-15H2,1-2H3,(H,23,27). The zero-order chi connectivity index (χ0) is 18.8. The van der Waals surface area contributed by atoms with Gasteiger partial charge in [0.05, 0.1) is 24.5 Å². The van der Waals surface area contributed by atoms with Crippen LogP contribution in [0.4, 0.5) is 0 Å². The minimum Gasteiger partial charge on any atom is -0.350 e. The maximum Gasteiger partial charge on any atom is 0.223 e. The fourth-order valence-electron chi connectivity index (χ4n) is 4.38. The van der Waals surface area contributed by atoms with Crippen molar-refractivity contribution in [3.8, 4) is 0 Å². The van der Waals surface area contributed by atoms with Gasteiger partial charge in [0, 0.05) is 25.6 Å². The number of carbonyl (C=O) groups excluding carboxylic acids is 1. The monoisotopic (exact) mass is 366 g/mol. The van der Waals surface area contributed by atoms with Crippen molar-refractivity contribution in [1.82, 2.24) is 20.0 Å². The third-order valence-corrected chi connectivity index (χ3v) is 5.99. The first-order valence-electron chi connectivity index (χ1n) is 10.2. The van der Waals surface area contributed by atoms with Crippen LogP contribution in [0.2, 0.25) is 0 Å². The Morgan fingerprint density at radius 3 is 2.78 bits per heavy atom. The Kier molecular flexibility index (Phi) is 5.30. The number of nitrogens with one attached hydrogen (secondary N) is 1. The van der Waals surface area contributed by atoms with Crippen molar-refractivity contribution in [2.75, 3.05) is 6.54 Å². The molecule has 144 valence electrons. The number of hydrogen-bond donors (Lipinski definition) is 1. The normalized spacial score (nSPS) is 17.9. The van der Waals surface area contributed by atoms with E-state index in [1.54, 1.807) is 0 Å². The second-order valence-corrected chi connectivity index (χ2v) is 8.19. The number of aromatic nitrogens is 2. The molecule has 1 aromatic carbocycles. The van der Waals surface area contributed by atoms with E-state index in [1.807, 2.05) is 0 Å². The van der Waals surface area contributed by atoms with Gasteiger partial charge in [-0.25, -0.2) is 0 Å². The molecule has 5 nitrogen and oxygen atoms in total. The lowest BCUT2D eigenvalue weighted by molar-refractivity contribution is -0.124. The van der Waals surface area contributed by atoms with Gasteiger partial charge in [-0.1, -0.05) is 36.6 Å². The van der Waals surface area contributed by atoms with Crippen LogP contribution in [0.25, 0.3) is 0 Å². The van der Waals surface area contributed by atoms with Crippen molar-refractivity contribution >= 4 is 5.91 Å². The molecular formula is C22H30N4O. The molecule has 0 unspecified atom stereocenters. The molecule has 1 N–H and O–H groups in total. The van der Waals surface area contributed by atoms with E-state index in [4.69, 9.17) is 5.10 Å². The molecule has 0 radical (unpaired) electrons. The number of nitrogens with zero attached hydrogens (tertiary/aromatic N) is 3. The van der Waals surface area contributed by atoms with E-state index >= 15 is 0 Å². The van der Waals surface area contributed by atoms with Crippen LogP contribution >= 0.6 is 0 Å². The van der Waals surface area contributed by atoms with E-state index in [0.29, 0.717) is 6.54 Å². The van der Waals surface area contributed by atoms with Crippen molar-refractivity contribution in [2.45, 2.75) is 65.7 Å². The Bertz CT molecular complexity index is 820. The third kappa shape index (κ3) is 4.24. The van der Waals surface area contributed by atoms with E-state index in [-0.39, 0.29) is 11.8 Å². The highest BCUT2D eigenvalue weighted by Gasteiger charge is 2.23. The highest BCUT2D eigenvalue weighted by Crippen LogP contribution is 2.25. The average Bonchev–Trinajstić information content (AvgIpc) is 3.31. The summed E-state index contributed by atoms with van der Waals surface area (Å²) in [6, 6.07) is 8.86. The Morgan fingerprint density at radius 1 is 1.19 bits per heavy atom. The Morgan fingerprint density at radius 2 is 2.00 bits per heavy atom. The first-order chi connectivity index (χ1) is 13.1. The number of aryl methyl sites for hydroxylation is 2. The highest BCUT2D eigenvalue weighted by atomic mass is 16.1. The molecular weight excluding hydrogens is 336 g/mol. The number of amides is 1. The second-order valence-electron chi connectivity index (χ2n) is 8.19. The first-order valence-corrected chi connectivity index (χ1v) is 10.2. The molecule has 5 heteroatoms. The predicted molar refractivity (Wildman–Crippen MR) is 106 cm³/mol. The van der Waals surface area contributed by atoms with Crippen molar-refractivity contribution < 1.29 is 4.79 Å². The lowest BCUT2D eigenvalue weighted by atomic mass is 10.1. The molecule has 1 saturated carbocycles. The molecule has 1 aliphatic carbocycles. The molecule has 0 bridgehead atoms. The molecule has 1 amide bonds. The topological polar surface area (TPSA) is 50.2 Å². The van der Waals surface area contributed by atoms with Gasteiger partial charge in [0.1, 0.15) is 0 Å². The first kappa shape index (κ1) is 18.2. The van der Waals surface area contributed by atoms with Crippen molar-refractivity contribution in [2.24, 2.45) is 5.92 Å². The highest BCUT2D eigenvalue weighted by molar-refractivity contribution is 5.78. The fourth-order valence-corrected chi connectivity index (χ4v) is 4.38. The van der Waals surface area contributed by atoms with Crippen LogP contribution in [0.15, 0.2) is 24.3 Å². The van der Waals surface area contributed by atoms with Crippen molar-refractivity contribution in [3.63, 3.8) is 0 Å². The summed E-state index contributed by atoms with van der Waals surface area (Å²) in [5.41, 5.74) is 6.31. The van der Waals surface area contributed by atoms with Crippen molar-refractivity contribution in [1.29, 1.82) is 0 Å². The molecule has 2 aliphatic rings. The summed E-state index contributed by atoms with van der Waals surface area (Å²) in [6.45, 7) is 8.70. The smallest absolute Gasteiger partial charge is 0.223 e. The molecule has 0 atom stereocenters. The summed E-state index contributed by atoms with van der Waals surface area (Å²) < 4.78 is 2.11. The number of rotatable bonds is 5. The van der Waals surface area contributed by atoms with Gasteiger partial charge in [-0.05, 0) is 43.9 Å². The molecule has 2 aromatic rings. The predicted octanol–water partition coefficient (Wildman–Crippen LogP) is 3.32. The molecule has 1 aliphatic heterocycles. The van der Waals surface area contributed by atoms with E-state index in [1.165, 1.54) is 35.2 Å². The molecule has 0 spiro atoms. The number of hydrogen-bond acceptors (Lipinski definition) is 3. The molecule has 4 rings (SSSR count). The summed E-state index contributed by atoms with van der Waals surface area (Å²) in [5, 5.41) is 7.78. The van der Waals surface area contributed by atoms with Crippen LogP contribution in [0.3, 0.4) is 0 Å². The van der Waals surface area contributed by atoms with Crippen molar-refractivity contribution in [3.05, 3.63) is 52.3 Å². The van der Waals surface area contributed by atoms with Crippen LogP contribution in [0.5, 0.6) is 0 Å². The van der Waals surface area contributed by atoms with Gasteiger partial charge < -0.3 is 5.32 Å². The SMILES string of the molecule is Cc1ccc(CN2CCn3nc(CNC(=O)C4CCCC4)cc3C2)c(C)c1. The van der Waals surface area contributed by atoms with Gasteiger partial charge in [0.15, 0.2) is 0 Å². The summed E-state index contributed by atoms with van der Waals surface area (Å²) in [4.78, 5) is 14.7. The van der Waals surface area contributed by atoms with Crippen LogP contribution in [0, 0.1) is 19.8 Å². The lowest BCUT2D eigenvalue weighted by Crippen LogP contribution is -2.33. The van der Waals surface area contributed by atoms with Gasteiger partial charge in [0.2, 0.25) is 5.91 Å². The van der Waals surface area contributed by atoms with Gasteiger partial charge in [-0.2, -0.15) is 5.10 Å². The minimum absolute atomic E-state index is 0.204. The zero-order valence-corrected chi connectivity index (χ0v) is 16.5. The number of carbonyl (C=O) groups is 1. The van der Waals surface area contributed by atoms with Gasteiger partial charge in [-0.15, -0.1) is 0 Å².